The van der Waals surface area contributed by atoms with Crippen molar-refractivity contribution in [2.45, 2.75) is 0 Å². The van der Waals surface area contributed by atoms with E-state index in [-0.39, 0.29) is 114 Å². The van der Waals surface area contributed by atoms with Gasteiger partial charge in [-0.3, -0.25) is 8.42 Å². The van der Waals surface area contributed by atoms with Crippen molar-refractivity contribution in [2.24, 2.45) is 0 Å². The van der Waals surface area contributed by atoms with E-state index in [1.165, 1.54) is 0 Å². The summed E-state index contributed by atoms with van der Waals surface area (Å²) < 4.78 is 26.7. The Hall–Kier alpha value is 1.86. The molecule has 0 fully saturated rings. The summed E-state index contributed by atoms with van der Waals surface area (Å²) in [4.78, 5) is 0. The standard InChI is InChI=1S/2Na.H2O3S2.10H2O/c;;1-5(2,3)4;;;;;;;;;;/h;;(H2,1,2,3,4);10*1H2/q2*+1;;;;;;;;;;;/p-2. The van der Waals surface area contributed by atoms with E-state index in [1.54, 1.807) is 0 Å². The summed E-state index contributed by atoms with van der Waals surface area (Å²) in [5, 5.41) is 0. The molecule has 0 spiro atoms. The van der Waals surface area contributed by atoms with Crippen LogP contribution in [-0.2, 0) is 20.8 Å². The van der Waals surface area contributed by atoms with E-state index in [2.05, 4.69) is 11.7 Å². The van der Waals surface area contributed by atoms with Gasteiger partial charge in [-0.15, -0.1) is 0 Å². The van der Waals surface area contributed by atoms with Gasteiger partial charge in [0.1, 0.15) is 0 Å². The fourth-order valence-corrected chi connectivity index (χ4v) is 0. The minimum absolute atomic E-state index is 0. The van der Waals surface area contributed by atoms with Gasteiger partial charge in [0.25, 0.3) is 0 Å². The molecule has 0 aromatic carbocycles. The van der Waals surface area contributed by atoms with Crippen molar-refractivity contribution in [3.8, 4) is 0 Å². The summed E-state index contributed by atoms with van der Waals surface area (Å²) in [7, 11) is -4.33. The molecule has 0 aromatic heterocycles. The maximum atomic E-state index is 8.89. The third kappa shape index (κ3) is 1300. The maximum absolute atomic E-state index is 8.89. The average Bonchev–Trinajstić information content (AvgIpc) is 0.722. The van der Waals surface area contributed by atoms with Gasteiger partial charge in [-0.25, -0.2) is 0 Å². The van der Waals surface area contributed by atoms with E-state index in [0.717, 1.165) is 0 Å². The van der Waals surface area contributed by atoms with Gasteiger partial charge in [-0.05, 0) is 9.15 Å². The molecule has 0 aliphatic heterocycles. The second-order valence-electron chi connectivity index (χ2n) is 0.408. The predicted octanol–water partition coefficient (Wildman–Crippen LogP) is -15.2. The van der Waals surface area contributed by atoms with Gasteiger partial charge in [0, 0.05) is 0 Å². The largest absolute Gasteiger partial charge is 1.00 e. The molecule has 13 nitrogen and oxygen atoms in total. The molecule has 17 heteroatoms. The monoisotopic (exact) mass is 338 g/mol. The second-order valence-corrected chi connectivity index (χ2v) is 2.45. The van der Waals surface area contributed by atoms with Crippen molar-refractivity contribution in [2.75, 3.05) is 0 Å². The second kappa shape index (κ2) is 82.2. The van der Waals surface area contributed by atoms with Crippen molar-refractivity contribution >= 4 is 20.8 Å². The van der Waals surface area contributed by atoms with Crippen molar-refractivity contribution in [1.82, 2.24) is 0 Å². The summed E-state index contributed by atoms with van der Waals surface area (Å²) in [5.74, 6) is 0. The molecular formula is H20Na2O13S2. The van der Waals surface area contributed by atoms with Crippen LogP contribution in [0.5, 0.6) is 0 Å². The van der Waals surface area contributed by atoms with E-state index in [4.69, 9.17) is 13.0 Å². The third-order valence-corrected chi connectivity index (χ3v) is 0. The Kier molecular flexibility index (Phi) is 847. The van der Waals surface area contributed by atoms with Gasteiger partial charge < -0.3 is 71.0 Å². The van der Waals surface area contributed by atoms with Gasteiger partial charge in [0.15, 0.2) is 0 Å². The Balaban J connectivity index is -0.00000000121. The van der Waals surface area contributed by atoms with Crippen LogP contribution in [0.2, 0.25) is 0 Å². The first-order valence-electron chi connectivity index (χ1n) is 0.667. The molecule has 0 aliphatic rings. The van der Waals surface area contributed by atoms with Crippen LogP contribution in [0.25, 0.3) is 0 Å². The van der Waals surface area contributed by atoms with Gasteiger partial charge in [-0.2, -0.15) is 0 Å². The van der Waals surface area contributed by atoms with Crippen molar-refractivity contribution < 1.29 is 127 Å². The molecule has 0 rings (SSSR count). The molecule has 112 valence electrons. The van der Waals surface area contributed by atoms with E-state index in [9.17, 15) is 0 Å². The minimum atomic E-state index is -4.33. The molecule has 0 atom stereocenters. The van der Waals surface area contributed by atoms with Crippen LogP contribution in [0.1, 0.15) is 0 Å². The zero-order valence-corrected chi connectivity index (χ0v) is 14.7. The smallest absolute Gasteiger partial charge is 0.768 e. The summed E-state index contributed by atoms with van der Waals surface area (Å²) in [6.45, 7) is 0. The fraction of sp³-hybridized carbons (Fsp3) is 0. The molecule has 0 saturated heterocycles. The zero-order valence-electron chi connectivity index (χ0n) is 9.04. The van der Waals surface area contributed by atoms with Gasteiger partial charge in [0.2, 0.25) is 0 Å². The van der Waals surface area contributed by atoms with Gasteiger partial charge in [-0.1, -0.05) is 0 Å². The molecule has 17 heavy (non-hydrogen) atoms. The number of hydrogen-bond donors (Lipinski definition) is 0. The summed E-state index contributed by atoms with van der Waals surface area (Å²) in [6.07, 6.45) is 0. The molecule has 0 aromatic rings. The normalized spacial score (nSPS) is 3.41. The quantitative estimate of drug-likeness (QED) is 0.179. The number of hydrogen-bond acceptors (Lipinski definition) is 4. The Morgan fingerprint density at radius 2 is 0.588 bits per heavy atom. The average molecular weight is 338 g/mol. The number of rotatable bonds is 0. The molecule has 0 bridgehead atoms. The van der Waals surface area contributed by atoms with E-state index >= 15 is 0 Å². The van der Waals surface area contributed by atoms with Crippen LogP contribution < -0.4 is 59.1 Å². The molecule has 0 aliphatic carbocycles. The first-order chi connectivity index (χ1) is 2.00. The van der Waals surface area contributed by atoms with Gasteiger partial charge in [0.05, 0.1) is 0 Å². The van der Waals surface area contributed by atoms with Crippen molar-refractivity contribution in [3.05, 3.63) is 0 Å². The predicted molar refractivity (Wildman–Crippen MR) is 53.2 cm³/mol. The van der Waals surface area contributed by atoms with Crippen molar-refractivity contribution in [3.63, 3.8) is 0 Å². The van der Waals surface area contributed by atoms with E-state index in [1.807, 2.05) is 0 Å². The SMILES string of the molecule is O.O.O.O.O.O.O.O.O.O.O=S(=O)([O-])[S-].[Na+].[Na+]. The van der Waals surface area contributed by atoms with Crippen LogP contribution in [0.4, 0.5) is 0 Å². The summed E-state index contributed by atoms with van der Waals surface area (Å²) >= 11 is 3.24. The molecule has 0 heterocycles. The summed E-state index contributed by atoms with van der Waals surface area (Å²) in [6, 6.07) is 0. The zero-order chi connectivity index (χ0) is 4.50. The van der Waals surface area contributed by atoms with Crippen LogP contribution >= 0.6 is 0 Å². The molecule has 0 radical (unpaired) electrons. The van der Waals surface area contributed by atoms with Crippen LogP contribution in [-0.4, -0.2) is 67.7 Å². The molecule has 0 saturated carbocycles. The van der Waals surface area contributed by atoms with Crippen molar-refractivity contribution in [1.29, 1.82) is 0 Å². The van der Waals surface area contributed by atoms with Crippen LogP contribution in [0, 0.1) is 0 Å². The Labute approximate surface area is 146 Å². The molecule has 0 amide bonds. The molecular weight excluding hydrogens is 318 g/mol. The Bertz CT molecular complexity index is 101. The third-order valence-electron chi connectivity index (χ3n) is 0. The first kappa shape index (κ1) is 175. The van der Waals surface area contributed by atoms with Crippen LogP contribution in [0.3, 0.4) is 0 Å². The molecule has 0 unspecified atom stereocenters. The van der Waals surface area contributed by atoms with E-state index in [0.29, 0.717) is 0 Å². The Morgan fingerprint density at radius 3 is 0.588 bits per heavy atom. The Morgan fingerprint density at radius 1 is 0.588 bits per heavy atom. The van der Waals surface area contributed by atoms with Gasteiger partial charge >= 0.3 is 59.1 Å². The minimum Gasteiger partial charge on any atom is -0.768 e. The molecule has 20 N–H and O–H groups in total. The van der Waals surface area contributed by atoms with Crippen LogP contribution in [0.15, 0.2) is 0 Å². The first-order valence-corrected chi connectivity index (χ1v) is 3.00. The fourth-order valence-electron chi connectivity index (χ4n) is 0. The maximum Gasteiger partial charge on any atom is 1.00 e. The van der Waals surface area contributed by atoms with E-state index < -0.39 is 9.15 Å². The topological polar surface area (TPSA) is 372 Å². The summed E-state index contributed by atoms with van der Waals surface area (Å²) in [5.41, 5.74) is 0.